The van der Waals surface area contributed by atoms with Gasteiger partial charge >= 0.3 is 6.03 Å². The number of benzene rings is 1. The summed E-state index contributed by atoms with van der Waals surface area (Å²) >= 11 is 0. The van der Waals surface area contributed by atoms with Gasteiger partial charge in [0.15, 0.2) is 11.6 Å². The summed E-state index contributed by atoms with van der Waals surface area (Å²) in [4.78, 5) is 16.3. The molecule has 2 amide bonds. The molecule has 0 spiro atoms. The number of rotatable bonds is 6. The van der Waals surface area contributed by atoms with Crippen LogP contribution in [0.2, 0.25) is 0 Å². The zero-order chi connectivity index (χ0) is 18.4. The van der Waals surface area contributed by atoms with Crippen molar-refractivity contribution >= 4 is 11.7 Å². The van der Waals surface area contributed by atoms with Crippen LogP contribution in [0.5, 0.6) is 0 Å². The Labute approximate surface area is 153 Å². The first-order chi connectivity index (χ1) is 12.6. The average molecular weight is 366 g/mol. The second-order valence-corrected chi connectivity index (χ2v) is 7.24. The molecule has 7 heteroatoms. The highest BCUT2D eigenvalue weighted by Gasteiger charge is 2.23. The number of hydrogen-bond donors (Lipinski definition) is 2. The highest BCUT2D eigenvalue weighted by Crippen LogP contribution is 2.24. The molecule has 3 rings (SSSR count). The summed E-state index contributed by atoms with van der Waals surface area (Å²) in [5.74, 6) is -1.33. The molecule has 1 aromatic carbocycles. The van der Waals surface area contributed by atoms with E-state index in [1.165, 1.54) is 25.3 Å². The molecule has 0 radical (unpaired) electrons. The molecule has 2 saturated heterocycles. The number of likely N-dealkylation sites (tertiary alicyclic amines) is 1. The van der Waals surface area contributed by atoms with Crippen molar-refractivity contribution in [3.8, 4) is 0 Å². The van der Waals surface area contributed by atoms with E-state index in [4.69, 9.17) is 0 Å². The molecule has 144 valence electrons. The molecule has 0 saturated carbocycles. The van der Waals surface area contributed by atoms with Crippen LogP contribution in [0, 0.1) is 17.6 Å². The summed E-state index contributed by atoms with van der Waals surface area (Å²) in [7, 11) is 0. The summed E-state index contributed by atoms with van der Waals surface area (Å²) < 4.78 is 26.4. The maximum atomic E-state index is 13.4. The van der Waals surface area contributed by atoms with Gasteiger partial charge in [-0.3, -0.25) is 0 Å². The van der Waals surface area contributed by atoms with Gasteiger partial charge in [0.2, 0.25) is 0 Å². The van der Waals surface area contributed by atoms with E-state index in [9.17, 15) is 13.6 Å². The predicted molar refractivity (Wildman–Crippen MR) is 98.4 cm³/mol. The Morgan fingerprint density at radius 3 is 2.65 bits per heavy atom. The fourth-order valence-corrected chi connectivity index (χ4v) is 3.73. The van der Waals surface area contributed by atoms with Gasteiger partial charge in [-0.2, -0.15) is 0 Å². The average Bonchev–Trinajstić information content (AvgIpc) is 3.12. The van der Waals surface area contributed by atoms with E-state index in [0.29, 0.717) is 24.7 Å². The van der Waals surface area contributed by atoms with Gasteiger partial charge < -0.3 is 20.4 Å². The van der Waals surface area contributed by atoms with Gasteiger partial charge in [0.25, 0.3) is 0 Å². The van der Waals surface area contributed by atoms with Crippen molar-refractivity contribution in [1.29, 1.82) is 0 Å². The molecule has 2 aliphatic heterocycles. The smallest absolute Gasteiger partial charge is 0.314 e. The van der Waals surface area contributed by atoms with Gasteiger partial charge in [-0.25, -0.2) is 13.6 Å². The zero-order valence-corrected chi connectivity index (χ0v) is 15.1. The third-order valence-electron chi connectivity index (χ3n) is 5.27. The van der Waals surface area contributed by atoms with Gasteiger partial charge in [-0.05, 0) is 50.4 Å². The van der Waals surface area contributed by atoms with Gasteiger partial charge in [0.1, 0.15) is 0 Å². The predicted octanol–water partition coefficient (Wildman–Crippen LogP) is 2.58. The second kappa shape index (κ2) is 9.16. The Kier molecular flexibility index (Phi) is 6.66. The van der Waals surface area contributed by atoms with Crippen LogP contribution < -0.4 is 15.5 Å². The van der Waals surface area contributed by atoms with E-state index < -0.39 is 11.6 Å². The summed E-state index contributed by atoms with van der Waals surface area (Å²) in [5.41, 5.74) is 0.692. The van der Waals surface area contributed by atoms with Crippen molar-refractivity contribution in [2.24, 2.45) is 5.92 Å². The number of hydrogen-bond acceptors (Lipinski definition) is 3. The minimum absolute atomic E-state index is 0.131. The van der Waals surface area contributed by atoms with Gasteiger partial charge in [-0.15, -0.1) is 0 Å². The van der Waals surface area contributed by atoms with Crippen molar-refractivity contribution in [3.05, 3.63) is 29.8 Å². The number of nitrogens with zero attached hydrogens (tertiary/aromatic N) is 2. The number of anilines is 1. The molecule has 2 fully saturated rings. The maximum Gasteiger partial charge on any atom is 0.314 e. The molecule has 1 atom stereocenters. The molecule has 0 bridgehead atoms. The quantitative estimate of drug-likeness (QED) is 0.814. The zero-order valence-electron chi connectivity index (χ0n) is 15.1. The van der Waals surface area contributed by atoms with E-state index in [1.807, 2.05) is 4.90 Å². The highest BCUT2D eigenvalue weighted by atomic mass is 19.2. The Hall–Kier alpha value is -1.89. The molecule has 2 aliphatic rings. The number of carbonyl (C=O) groups excluding carboxylic acids is 1. The lowest BCUT2D eigenvalue weighted by Crippen LogP contribution is -2.43. The lowest BCUT2D eigenvalue weighted by molar-refractivity contribution is 0.220. The number of halogens is 2. The van der Waals surface area contributed by atoms with Crippen LogP contribution in [0.3, 0.4) is 0 Å². The summed E-state index contributed by atoms with van der Waals surface area (Å²) in [6.45, 7) is 5.94. The minimum Gasteiger partial charge on any atom is -0.371 e. The summed E-state index contributed by atoms with van der Waals surface area (Å²) in [5, 5.41) is 5.84. The maximum absolute atomic E-state index is 13.4. The van der Waals surface area contributed by atoms with Crippen LogP contribution >= 0.6 is 0 Å². The summed E-state index contributed by atoms with van der Waals surface area (Å²) in [6.07, 6.45) is 4.74. The number of urea groups is 1. The number of piperidine rings is 1. The van der Waals surface area contributed by atoms with Crippen LogP contribution in [0.25, 0.3) is 0 Å². The van der Waals surface area contributed by atoms with Crippen LogP contribution in [0.15, 0.2) is 18.2 Å². The first kappa shape index (κ1) is 18.9. The van der Waals surface area contributed by atoms with Crippen molar-refractivity contribution in [2.75, 3.05) is 50.7 Å². The van der Waals surface area contributed by atoms with E-state index in [2.05, 4.69) is 15.5 Å². The Morgan fingerprint density at radius 1 is 1.08 bits per heavy atom. The monoisotopic (exact) mass is 366 g/mol. The third-order valence-corrected chi connectivity index (χ3v) is 5.27. The molecular weight excluding hydrogens is 338 g/mol. The SMILES string of the molecule is O=C(NCCN1CCCCC1)NC[C@H]1CCN(c2ccc(F)c(F)c2)C1. The molecule has 2 N–H and O–H groups in total. The molecule has 1 aromatic rings. The molecule has 0 aliphatic carbocycles. The van der Waals surface area contributed by atoms with E-state index >= 15 is 0 Å². The van der Waals surface area contributed by atoms with Crippen LogP contribution in [-0.4, -0.2) is 56.7 Å². The van der Waals surface area contributed by atoms with Crippen molar-refractivity contribution < 1.29 is 13.6 Å². The second-order valence-electron chi connectivity index (χ2n) is 7.24. The molecule has 26 heavy (non-hydrogen) atoms. The van der Waals surface area contributed by atoms with E-state index in [-0.39, 0.29) is 6.03 Å². The van der Waals surface area contributed by atoms with Crippen LogP contribution in [-0.2, 0) is 0 Å². The lowest BCUT2D eigenvalue weighted by atomic mass is 10.1. The summed E-state index contributed by atoms with van der Waals surface area (Å²) in [6, 6.07) is 3.86. The fourth-order valence-electron chi connectivity index (χ4n) is 3.73. The largest absolute Gasteiger partial charge is 0.371 e. The van der Waals surface area contributed by atoms with Crippen LogP contribution in [0.4, 0.5) is 19.3 Å². The lowest BCUT2D eigenvalue weighted by Gasteiger charge is -2.26. The standard InChI is InChI=1S/C19H28F2N4O/c20-17-5-4-16(12-18(17)21)25-10-6-15(14-25)13-23-19(26)22-7-11-24-8-2-1-3-9-24/h4-5,12,15H,1-3,6-11,13-14H2,(H2,22,23,26)/t15-/m1/s1. The molecule has 0 unspecified atom stereocenters. The van der Waals surface area contributed by atoms with E-state index in [0.717, 1.165) is 45.2 Å². The third kappa shape index (κ3) is 5.30. The van der Waals surface area contributed by atoms with Crippen molar-refractivity contribution in [3.63, 3.8) is 0 Å². The van der Waals surface area contributed by atoms with E-state index in [1.54, 1.807) is 6.07 Å². The molecular formula is C19H28F2N4O. The van der Waals surface area contributed by atoms with Crippen molar-refractivity contribution in [2.45, 2.75) is 25.7 Å². The molecule has 0 aromatic heterocycles. The van der Waals surface area contributed by atoms with Gasteiger partial charge in [0, 0.05) is 44.5 Å². The van der Waals surface area contributed by atoms with Gasteiger partial charge in [-0.1, -0.05) is 6.42 Å². The first-order valence-electron chi connectivity index (χ1n) is 9.56. The Balaban J connectivity index is 1.33. The normalized spacial score (nSPS) is 21.0. The minimum atomic E-state index is -0.826. The topological polar surface area (TPSA) is 47.6 Å². The molecule has 5 nitrogen and oxygen atoms in total. The Bertz CT molecular complexity index is 607. The fraction of sp³-hybridized carbons (Fsp3) is 0.632. The van der Waals surface area contributed by atoms with Crippen molar-refractivity contribution in [1.82, 2.24) is 15.5 Å². The van der Waals surface area contributed by atoms with Crippen LogP contribution in [0.1, 0.15) is 25.7 Å². The Morgan fingerprint density at radius 2 is 1.88 bits per heavy atom. The first-order valence-corrected chi connectivity index (χ1v) is 9.56. The number of nitrogens with one attached hydrogen (secondary N) is 2. The van der Waals surface area contributed by atoms with Gasteiger partial charge in [0.05, 0.1) is 0 Å². The molecule has 2 heterocycles. The highest BCUT2D eigenvalue weighted by molar-refractivity contribution is 5.73. The number of carbonyl (C=O) groups is 1. The number of amides is 2.